The third kappa shape index (κ3) is 2.80. The lowest BCUT2D eigenvalue weighted by Crippen LogP contribution is -2.14. The lowest BCUT2D eigenvalue weighted by Gasteiger charge is -2.07. The molecule has 0 saturated heterocycles. The first-order valence-electron chi connectivity index (χ1n) is 7.00. The molecule has 0 aliphatic carbocycles. The number of anilines is 1. The van der Waals surface area contributed by atoms with E-state index in [0.717, 1.165) is 22.5 Å². The van der Waals surface area contributed by atoms with Crippen LogP contribution in [0.1, 0.15) is 17.3 Å². The molecule has 8 heteroatoms. The summed E-state index contributed by atoms with van der Waals surface area (Å²) in [5.41, 5.74) is 1.41. The molecule has 0 aliphatic rings. The number of hydrogen-bond acceptors (Lipinski definition) is 6. The molecule has 0 atom stereocenters. The van der Waals surface area contributed by atoms with E-state index in [-0.39, 0.29) is 5.56 Å². The lowest BCUT2D eigenvalue weighted by molar-refractivity contribution is 0.783. The molecule has 114 valence electrons. The van der Waals surface area contributed by atoms with Gasteiger partial charge in [-0.2, -0.15) is 5.10 Å². The number of aromatic nitrogens is 6. The largest absolute Gasteiger partial charge is 0.369 e. The van der Waals surface area contributed by atoms with E-state index >= 15 is 0 Å². The third-order valence-electron chi connectivity index (χ3n) is 3.29. The number of aryl methyl sites for hydroxylation is 3. The van der Waals surface area contributed by atoms with Crippen molar-refractivity contribution in [1.29, 1.82) is 0 Å². The van der Waals surface area contributed by atoms with Crippen molar-refractivity contribution < 1.29 is 0 Å². The summed E-state index contributed by atoms with van der Waals surface area (Å²) in [6, 6.07) is 1.51. The highest BCUT2D eigenvalue weighted by Gasteiger charge is 2.09. The summed E-state index contributed by atoms with van der Waals surface area (Å²) in [4.78, 5) is 27.2. The summed E-state index contributed by atoms with van der Waals surface area (Å²) in [7, 11) is 1.85. The minimum atomic E-state index is -0.130. The summed E-state index contributed by atoms with van der Waals surface area (Å²) < 4.78 is 1.72. The molecule has 0 bridgehead atoms. The highest BCUT2D eigenvalue weighted by atomic mass is 16.1. The van der Waals surface area contributed by atoms with E-state index in [9.17, 15) is 4.79 Å². The summed E-state index contributed by atoms with van der Waals surface area (Å²) >= 11 is 0. The van der Waals surface area contributed by atoms with Crippen molar-refractivity contribution in [1.82, 2.24) is 29.7 Å². The number of nitrogens with one attached hydrogen (secondary N) is 2. The van der Waals surface area contributed by atoms with Crippen molar-refractivity contribution in [2.45, 2.75) is 20.3 Å². The highest BCUT2D eigenvalue weighted by Crippen LogP contribution is 2.19. The molecule has 0 fully saturated rings. The van der Waals surface area contributed by atoms with Crippen LogP contribution in [0.25, 0.3) is 11.0 Å². The summed E-state index contributed by atoms with van der Waals surface area (Å²) in [5, 5.41) is 8.35. The molecule has 0 aliphatic heterocycles. The Bertz CT molecular complexity index is 881. The van der Waals surface area contributed by atoms with Crippen LogP contribution in [-0.4, -0.2) is 36.3 Å². The van der Waals surface area contributed by atoms with Gasteiger partial charge < -0.3 is 10.3 Å². The van der Waals surface area contributed by atoms with E-state index in [4.69, 9.17) is 0 Å². The number of rotatable bonds is 4. The maximum absolute atomic E-state index is 11.4. The fourth-order valence-corrected chi connectivity index (χ4v) is 2.34. The van der Waals surface area contributed by atoms with Crippen LogP contribution in [0.3, 0.4) is 0 Å². The number of hydrogen-bond donors (Lipinski definition) is 2. The molecule has 3 aromatic heterocycles. The Hall–Kier alpha value is -2.77. The van der Waals surface area contributed by atoms with Gasteiger partial charge in [-0.05, 0) is 13.8 Å². The van der Waals surface area contributed by atoms with Crippen LogP contribution in [-0.2, 0) is 13.5 Å². The topological polar surface area (TPSA) is 101 Å². The van der Waals surface area contributed by atoms with Crippen molar-refractivity contribution in [3.8, 4) is 0 Å². The Labute approximate surface area is 126 Å². The normalized spacial score (nSPS) is 11.0. The highest BCUT2D eigenvalue weighted by molar-refractivity contribution is 5.86. The Kier molecular flexibility index (Phi) is 3.58. The lowest BCUT2D eigenvalue weighted by atomic mass is 10.3. The average Bonchev–Trinajstić information content (AvgIpc) is 2.79. The van der Waals surface area contributed by atoms with Gasteiger partial charge in [-0.1, -0.05) is 0 Å². The number of fused-ring (bicyclic) bond motifs is 1. The van der Waals surface area contributed by atoms with Crippen molar-refractivity contribution >= 4 is 16.9 Å². The first-order valence-corrected chi connectivity index (χ1v) is 7.00. The van der Waals surface area contributed by atoms with Crippen LogP contribution in [0.4, 0.5) is 5.82 Å². The van der Waals surface area contributed by atoms with Crippen molar-refractivity contribution in [2.75, 3.05) is 11.9 Å². The molecule has 0 amide bonds. The first-order chi connectivity index (χ1) is 10.5. The number of H-pyrrole nitrogens is 1. The van der Waals surface area contributed by atoms with Gasteiger partial charge in [-0.15, -0.1) is 0 Å². The second-order valence-corrected chi connectivity index (χ2v) is 5.12. The summed E-state index contributed by atoms with van der Waals surface area (Å²) in [6.45, 7) is 4.24. The molecule has 3 heterocycles. The van der Waals surface area contributed by atoms with Crippen molar-refractivity contribution in [2.24, 2.45) is 7.05 Å². The van der Waals surface area contributed by atoms with Crippen LogP contribution >= 0.6 is 0 Å². The SMILES string of the molecule is Cc1nc(NCCc2cc(=O)[nH]c(C)n2)c2cnn(C)c2n1. The first kappa shape index (κ1) is 14.2. The fraction of sp³-hybridized carbons (Fsp3) is 0.357. The average molecular weight is 299 g/mol. The zero-order chi connectivity index (χ0) is 15.7. The quantitative estimate of drug-likeness (QED) is 0.736. The van der Waals surface area contributed by atoms with E-state index in [1.807, 2.05) is 14.0 Å². The van der Waals surface area contributed by atoms with Gasteiger partial charge in [0, 0.05) is 31.8 Å². The zero-order valence-corrected chi connectivity index (χ0v) is 12.7. The molecule has 3 rings (SSSR count). The molecule has 0 spiro atoms. The Morgan fingerprint density at radius 2 is 2.09 bits per heavy atom. The maximum atomic E-state index is 11.4. The minimum Gasteiger partial charge on any atom is -0.369 e. The molecule has 0 aromatic carbocycles. The van der Waals surface area contributed by atoms with Gasteiger partial charge in [0.2, 0.25) is 0 Å². The molecule has 0 radical (unpaired) electrons. The molecule has 0 unspecified atom stereocenters. The van der Waals surface area contributed by atoms with Gasteiger partial charge in [0.1, 0.15) is 17.5 Å². The van der Waals surface area contributed by atoms with E-state index in [1.165, 1.54) is 6.07 Å². The molecule has 22 heavy (non-hydrogen) atoms. The van der Waals surface area contributed by atoms with Crippen molar-refractivity contribution in [3.63, 3.8) is 0 Å². The summed E-state index contributed by atoms with van der Waals surface area (Å²) in [5.74, 6) is 2.05. The Morgan fingerprint density at radius 1 is 1.27 bits per heavy atom. The predicted molar refractivity (Wildman–Crippen MR) is 82.8 cm³/mol. The van der Waals surface area contributed by atoms with Crippen LogP contribution < -0.4 is 10.9 Å². The van der Waals surface area contributed by atoms with Gasteiger partial charge in [0.25, 0.3) is 5.56 Å². The molecular weight excluding hydrogens is 282 g/mol. The second kappa shape index (κ2) is 5.55. The van der Waals surface area contributed by atoms with Gasteiger partial charge in [-0.3, -0.25) is 9.48 Å². The van der Waals surface area contributed by atoms with E-state index in [0.29, 0.717) is 24.6 Å². The Balaban J connectivity index is 1.78. The second-order valence-electron chi connectivity index (χ2n) is 5.12. The monoisotopic (exact) mass is 299 g/mol. The van der Waals surface area contributed by atoms with Crippen LogP contribution in [0, 0.1) is 13.8 Å². The van der Waals surface area contributed by atoms with Crippen molar-refractivity contribution in [3.05, 3.63) is 40.0 Å². The standard InChI is InChI=1S/C14H17N7O/c1-8-17-10(6-12(22)18-8)4-5-15-13-11-7-16-21(3)14(11)20-9(2)19-13/h6-7H,4-5H2,1-3H3,(H,15,19,20)(H,17,18,22). The zero-order valence-electron chi connectivity index (χ0n) is 12.7. The van der Waals surface area contributed by atoms with Crippen LogP contribution in [0.2, 0.25) is 0 Å². The minimum absolute atomic E-state index is 0.130. The molecule has 3 aromatic rings. The molecule has 0 saturated carbocycles. The van der Waals surface area contributed by atoms with E-state index in [2.05, 4.69) is 30.4 Å². The van der Waals surface area contributed by atoms with Crippen LogP contribution in [0.15, 0.2) is 17.1 Å². The van der Waals surface area contributed by atoms with Gasteiger partial charge in [0.15, 0.2) is 5.65 Å². The third-order valence-corrected chi connectivity index (χ3v) is 3.29. The van der Waals surface area contributed by atoms with Crippen LogP contribution in [0.5, 0.6) is 0 Å². The fourth-order valence-electron chi connectivity index (χ4n) is 2.34. The van der Waals surface area contributed by atoms with E-state index in [1.54, 1.807) is 17.8 Å². The maximum Gasteiger partial charge on any atom is 0.251 e. The number of aromatic amines is 1. The predicted octanol–water partition coefficient (Wildman–Crippen LogP) is 0.718. The molecule has 8 nitrogen and oxygen atoms in total. The molecular formula is C14H17N7O. The van der Waals surface area contributed by atoms with Gasteiger partial charge >= 0.3 is 0 Å². The van der Waals surface area contributed by atoms with Gasteiger partial charge in [-0.25, -0.2) is 15.0 Å². The smallest absolute Gasteiger partial charge is 0.251 e. The number of nitrogens with zero attached hydrogens (tertiary/aromatic N) is 5. The summed E-state index contributed by atoms with van der Waals surface area (Å²) in [6.07, 6.45) is 2.38. The Morgan fingerprint density at radius 3 is 2.86 bits per heavy atom. The van der Waals surface area contributed by atoms with E-state index < -0.39 is 0 Å². The molecule has 2 N–H and O–H groups in total. The van der Waals surface area contributed by atoms with Gasteiger partial charge in [0.05, 0.1) is 11.6 Å².